The van der Waals surface area contributed by atoms with Crippen LogP contribution in [0, 0.1) is 11.8 Å². The molecule has 2 rings (SSSR count). The monoisotopic (exact) mass is 310 g/mol. The molecule has 5 nitrogen and oxygen atoms in total. The van der Waals surface area contributed by atoms with Gasteiger partial charge in [0.25, 0.3) is 0 Å². The number of carbonyl (C=O) groups is 2. The molecule has 1 aliphatic heterocycles. The van der Waals surface area contributed by atoms with Crippen molar-refractivity contribution in [2.75, 3.05) is 13.1 Å². The van der Waals surface area contributed by atoms with Crippen LogP contribution in [0.3, 0.4) is 0 Å². The Kier molecular flexibility index (Phi) is 5.35. The second kappa shape index (κ2) is 6.88. The van der Waals surface area contributed by atoms with Crippen LogP contribution in [-0.2, 0) is 9.53 Å². The number of ether oxygens (including phenoxy) is 1. The first kappa shape index (κ1) is 17.1. The van der Waals surface area contributed by atoms with E-state index in [-0.39, 0.29) is 24.0 Å². The van der Waals surface area contributed by atoms with Gasteiger partial charge < -0.3 is 15.0 Å². The topological polar surface area (TPSA) is 58.6 Å². The van der Waals surface area contributed by atoms with Gasteiger partial charge in [0.05, 0.1) is 0 Å². The molecule has 2 fully saturated rings. The Morgan fingerprint density at radius 2 is 1.95 bits per heavy atom. The molecule has 0 bridgehead atoms. The Bertz CT molecular complexity index is 413. The van der Waals surface area contributed by atoms with E-state index in [4.69, 9.17) is 4.74 Å². The summed E-state index contributed by atoms with van der Waals surface area (Å²) in [5.74, 6) is 1.03. The predicted molar refractivity (Wildman–Crippen MR) is 85.5 cm³/mol. The second-order valence-electron chi connectivity index (χ2n) is 7.83. The molecule has 0 radical (unpaired) electrons. The van der Waals surface area contributed by atoms with Crippen molar-refractivity contribution in [3.05, 3.63) is 0 Å². The fourth-order valence-corrected chi connectivity index (χ4v) is 3.12. The highest BCUT2D eigenvalue weighted by atomic mass is 16.6. The fourth-order valence-electron chi connectivity index (χ4n) is 3.12. The summed E-state index contributed by atoms with van der Waals surface area (Å²) in [5, 5.41) is 3.12. The normalized spacial score (nSPS) is 23.8. The lowest BCUT2D eigenvalue weighted by Crippen LogP contribution is -2.41. The maximum Gasteiger partial charge on any atom is 0.410 e. The van der Waals surface area contributed by atoms with E-state index in [2.05, 4.69) is 12.2 Å². The first-order chi connectivity index (χ1) is 10.2. The lowest BCUT2D eigenvalue weighted by Gasteiger charge is -2.32. The first-order valence-corrected chi connectivity index (χ1v) is 8.52. The zero-order valence-corrected chi connectivity index (χ0v) is 14.4. The molecule has 1 aliphatic carbocycles. The van der Waals surface area contributed by atoms with Crippen LogP contribution in [0.25, 0.3) is 0 Å². The number of likely N-dealkylation sites (tertiary alicyclic amines) is 1. The van der Waals surface area contributed by atoms with Gasteiger partial charge in [-0.2, -0.15) is 0 Å². The van der Waals surface area contributed by atoms with Crippen molar-refractivity contribution >= 4 is 12.0 Å². The highest BCUT2D eigenvalue weighted by molar-refractivity contribution is 5.77. The molecule has 0 aromatic rings. The molecule has 1 N–H and O–H groups in total. The number of hydrogen-bond donors (Lipinski definition) is 1. The van der Waals surface area contributed by atoms with Crippen LogP contribution in [0.5, 0.6) is 0 Å². The Hall–Kier alpha value is -1.26. The third-order valence-electron chi connectivity index (χ3n) is 4.66. The van der Waals surface area contributed by atoms with E-state index in [1.807, 2.05) is 20.8 Å². The fraction of sp³-hybridized carbons (Fsp3) is 0.882. The minimum absolute atomic E-state index is 0.121. The average molecular weight is 310 g/mol. The number of rotatable bonds is 4. The molecule has 2 atom stereocenters. The van der Waals surface area contributed by atoms with Gasteiger partial charge in [0.1, 0.15) is 5.60 Å². The van der Waals surface area contributed by atoms with Crippen molar-refractivity contribution in [2.24, 2.45) is 11.8 Å². The lowest BCUT2D eigenvalue weighted by atomic mass is 9.80. The van der Waals surface area contributed by atoms with Gasteiger partial charge in [-0.05, 0) is 58.8 Å². The Morgan fingerprint density at radius 1 is 1.27 bits per heavy atom. The van der Waals surface area contributed by atoms with Crippen LogP contribution < -0.4 is 5.32 Å². The quantitative estimate of drug-likeness (QED) is 0.868. The maximum atomic E-state index is 12.1. The van der Waals surface area contributed by atoms with E-state index < -0.39 is 5.60 Å². The zero-order chi connectivity index (χ0) is 16.3. The van der Waals surface area contributed by atoms with Crippen molar-refractivity contribution in [2.45, 2.75) is 71.4 Å². The highest BCUT2D eigenvalue weighted by Gasteiger charge is 2.31. The summed E-state index contributed by atoms with van der Waals surface area (Å²) >= 11 is 0. The minimum atomic E-state index is -0.468. The molecule has 0 aromatic heterocycles. The van der Waals surface area contributed by atoms with Gasteiger partial charge in [0.2, 0.25) is 5.91 Å². The highest BCUT2D eigenvalue weighted by Crippen LogP contribution is 2.29. The number of nitrogens with zero attached hydrogens (tertiary/aromatic N) is 1. The van der Waals surface area contributed by atoms with Crippen LogP contribution >= 0.6 is 0 Å². The number of amides is 2. The SMILES string of the molecule is C[C@H](NC(=O)C[C@H]1CCN(C(=O)OC(C)(C)C)C1)C1CCC1. The van der Waals surface area contributed by atoms with Gasteiger partial charge in [-0.25, -0.2) is 4.79 Å². The first-order valence-electron chi connectivity index (χ1n) is 8.52. The maximum absolute atomic E-state index is 12.1. The third kappa shape index (κ3) is 4.89. The van der Waals surface area contributed by atoms with E-state index in [9.17, 15) is 9.59 Å². The van der Waals surface area contributed by atoms with Crippen LogP contribution in [0.2, 0.25) is 0 Å². The molecule has 1 heterocycles. The summed E-state index contributed by atoms with van der Waals surface area (Å²) in [6.45, 7) is 9.02. The Labute approximate surface area is 133 Å². The summed E-state index contributed by atoms with van der Waals surface area (Å²) in [7, 11) is 0. The Balaban J connectivity index is 1.71. The van der Waals surface area contributed by atoms with E-state index >= 15 is 0 Å². The van der Waals surface area contributed by atoms with Crippen LogP contribution in [0.15, 0.2) is 0 Å². The van der Waals surface area contributed by atoms with Gasteiger partial charge in [-0.1, -0.05) is 6.42 Å². The summed E-state index contributed by atoms with van der Waals surface area (Å²) < 4.78 is 5.38. The van der Waals surface area contributed by atoms with E-state index in [0.717, 1.165) is 6.42 Å². The van der Waals surface area contributed by atoms with Crippen molar-refractivity contribution < 1.29 is 14.3 Å². The number of hydrogen-bond acceptors (Lipinski definition) is 3. The largest absolute Gasteiger partial charge is 0.444 e. The van der Waals surface area contributed by atoms with Gasteiger partial charge in [0.15, 0.2) is 0 Å². The molecule has 22 heavy (non-hydrogen) atoms. The third-order valence-corrected chi connectivity index (χ3v) is 4.66. The van der Waals surface area contributed by atoms with Gasteiger partial charge in [0, 0.05) is 25.6 Å². The second-order valence-corrected chi connectivity index (χ2v) is 7.83. The van der Waals surface area contributed by atoms with Crippen molar-refractivity contribution in [1.82, 2.24) is 10.2 Å². The molecule has 0 unspecified atom stereocenters. The van der Waals surface area contributed by atoms with Gasteiger partial charge in [-0.15, -0.1) is 0 Å². The minimum Gasteiger partial charge on any atom is -0.444 e. The van der Waals surface area contributed by atoms with Gasteiger partial charge >= 0.3 is 6.09 Å². The van der Waals surface area contributed by atoms with E-state index in [1.54, 1.807) is 4.90 Å². The molecule has 0 spiro atoms. The molecule has 2 aliphatic rings. The molecule has 5 heteroatoms. The van der Waals surface area contributed by atoms with Crippen molar-refractivity contribution in [3.63, 3.8) is 0 Å². The standard InChI is InChI=1S/C17H30N2O3/c1-12(14-6-5-7-14)18-15(20)10-13-8-9-19(11-13)16(21)22-17(2,3)4/h12-14H,5-11H2,1-4H3,(H,18,20)/t12-,13+/m0/s1. The zero-order valence-electron chi connectivity index (χ0n) is 14.4. The molecule has 2 amide bonds. The smallest absolute Gasteiger partial charge is 0.410 e. The summed E-state index contributed by atoms with van der Waals surface area (Å²) in [5.41, 5.74) is -0.468. The number of nitrogens with one attached hydrogen (secondary N) is 1. The van der Waals surface area contributed by atoms with E-state index in [1.165, 1.54) is 19.3 Å². The summed E-state index contributed by atoms with van der Waals surface area (Å²) in [6, 6.07) is 0.282. The van der Waals surface area contributed by atoms with Crippen LogP contribution in [0.4, 0.5) is 4.79 Å². The van der Waals surface area contributed by atoms with E-state index in [0.29, 0.717) is 25.4 Å². The molecule has 0 aromatic carbocycles. The molecular weight excluding hydrogens is 280 g/mol. The van der Waals surface area contributed by atoms with Crippen LogP contribution in [-0.4, -0.2) is 41.6 Å². The number of carbonyl (C=O) groups excluding carboxylic acids is 2. The summed E-state index contributed by atoms with van der Waals surface area (Å²) in [6.07, 6.45) is 4.88. The average Bonchev–Trinajstić information content (AvgIpc) is 2.72. The predicted octanol–water partition coefficient (Wildman–Crippen LogP) is 2.94. The molecular formula is C17H30N2O3. The molecule has 1 saturated heterocycles. The van der Waals surface area contributed by atoms with Gasteiger partial charge in [-0.3, -0.25) is 4.79 Å². The summed E-state index contributed by atoms with van der Waals surface area (Å²) in [4.78, 5) is 25.8. The van der Waals surface area contributed by atoms with Crippen molar-refractivity contribution in [3.8, 4) is 0 Å². The molecule has 126 valence electrons. The van der Waals surface area contributed by atoms with Crippen molar-refractivity contribution in [1.29, 1.82) is 0 Å². The van der Waals surface area contributed by atoms with Crippen LogP contribution in [0.1, 0.15) is 59.8 Å². The lowest BCUT2D eigenvalue weighted by molar-refractivity contribution is -0.123. The molecule has 1 saturated carbocycles. The Morgan fingerprint density at radius 3 is 2.50 bits per heavy atom.